The van der Waals surface area contributed by atoms with E-state index in [1.165, 1.54) is 12.1 Å². The van der Waals surface area contributed by atoms with Crippen LogP contribution in [0, 0.1) is 5.82 Å². The number of hydrogen-bond acceptors (Lipinski definition) is 1. The maximum atomic E-state index is 13.1. The lowest BCUT2D eigenvalue weighted by Gasteiger charge is -2.06. The summed E-state index contributed by atoms with van der Waals surface area (Å²) >= 11 is 6.35. The van der Waals surface area contributed by atoms with Crippen molar-refractivity contribution in [2.24, 2.45) is 0 Å². The predicted octanol–water partition coefficient (Wildman–Crippen LogP) is 5.09. The van der Waals surface area contributed by atoms with E-state index in [1.54, 1.807) is 6.07 Å². The normalized spacial score (nSPS) is 12.7. The molecular formula is C16H12ClFO. The summed E-state index contributed by atoms with van der Waals surface area (Å²) in [6.07, 6.45) is 0.541. The Kier molecular flexibility index (Phi) is 3.26. The van der Waals surface area contributed by atoms with Gasteiger partial charge in [0.15, 0.2) is 0 Å². The summed E-state index contributed by atoms with van der Waals surface area (Å²) in [5.41, 5.74) is 1.68. The van der Waals surface area contributed by atoms with Crippen LogP contribution in [0.25, 0.3) is 11.0 Å². The Labute approximate surface area is 115 Å². The lowest BCUT2D eigenvalue weighted by atomic mass is 10.1. The van der Waals surface area contributed by atoms with Gasteiger partial charge in [0.2, 0.25) is 0 Å². The molecule has 0 aliphatic heterocycles. The Morgan fingerprint density at radius 2 is 1.89 bits per heavy atom. The van der Waals surface area contributed by atoms with Crippen LogP contribution in [0.2, 0.25) is 0 Å². The molecule has 0 fully saturated rings. The van der Waals surface area contributed by atoms with Crippen LogP contribution in [0.5, 0.6) is 0 Å². The third kappa shape index (κ3) is 2.64. The standard InChI is InChI=1S/C16H12ClFO/c17-14(9-11-4-3-6-13(18)8-11)16-10-12-5-1-2-7-15(12)19-16/h1-8,10,14H,9H2. The van der Waals surface area contributed by atoms with Gasteiger partial charge in [-0.2, -0.15) is 0 Å². The van der Waals surface area contributed by atoms with Crippen LogP contribution in [0.15, 0.2) is 59.0 Å². The first-order valence-electron chi connectivity index (χ1n) is 6.09. The monoisotopic (exact) mass is 274 g/mol. The molecule has 0 bridgehead atoms. The fraction of sp³-hybridized carbons (Fsp3) is 0.125. The largest absolute Gasteiger partial charge is 0.459 e. The number of halogens is 2. The topological polar surface area (TPSA) is 13.1 Å². The fourth-order valence-corrected chi connectivity index (χ4v) is 2.41. The molecule has 0 aliphatic rings. The molecule has 1 heterocycles. The Hall–Kier alpha value is -1.80. The summed E-state index contributed by atoms with van der Waals surface area (Å²) in [6, 6.07) is 16.2. The maximum Gasteiger partial charge on any atom is 0.134 e. The van der Waals surface area contributed by atoms with Crippen molar-refractivity contribution >= 4 is 22.6 Å². The summed E-state index contributed by atoms with van der Waals surface area (Å²) < 4.78 is 18.8. The van der Waals surface area contributed by atoms with Crippen LogP contribution in [0.1, 0.15) is 16.7 Å². The second-order valence-electron chi connectivity index (χ2n) is 4.49. The van der Waals surface area contributed by atoms with E-state index >= 15 is 0 Å². The Morgan fingerprint density at radius 3 is 2.68 bits per heavy atom. The number of alkyl halides is 1. The summed E-state index contributed by atoms with van der Waals surface area (Å²) in [5, 5.41) is 0.733. The lowest BCUT2D eigenvalue weighted by Crippen LogP contribution is -1.94. The molecule has 0 amide bonds. The minimum absolute atomic E-state index is 0.244. The first kappa shape index (κ1) is 12.2. The fourth-order valence-electron chi connectivity index (χ4n) is 2.13. The average molecular weight is 275 g/mol. The van der Waals surface area contributed by atoms with Crippen LogP contribution in [-0.2, 0) is 6.42 Å². The van der Waals surface area contributed by atoms with E-state index in [2.05, 4.69) is 0 Å². The van der Waals surface area contributed by atoms with Crippen molar-refractivity contribution in [3.8, 4) is 0 Å². The molecule has 0 radical (unpaired) electrons. The molecule has 2 aromatic carbocycles. The minimum Gasteiger partial charge on any atom is -0.459 e. The highest BCUT2D eigenvalue weighted by atomic mass is 35.5. The van der Waals surface area contributed by atoms with Gasteiger partial charge in [0.05, 0.1) is 5.38 Å². The Bertz CT molecular complexity index is 672. The van der Waals surface area contributed by atoms with E-state index in [-0.39, 0.29) is 11.2 Å². The van der Waals surface area contributed by atoms with Crippen molar-refractivity contribution in [2.45, 2.75) is 11.8 Å². The predicted molar refractivity (Wildman–Crippen MR) is 74.9 cm³/mol. The van der Waals surface area contributed by atoms with Crippen LogP contribution < -0.4 is 0 Å². The highest BCUT2D eigenvalue weighted by Crippen LogP contribution is 2.30. The summed E-state index contributed by atoms with van der Waals surface area (Å²) in [6.45, 7) is 0. The number of rotatable bonds is 3. The first-order valence-corrected chi connectivity index (χ1v) is 6.53. The second kappa shape index (κ2) is 5.06. The van der Waals surface area contributed by atoms with Crippen molar-refractivity contribution in [2.75, 3.05) is 0 Å². The molecule has 0 aliphatic carbocycles. The van der Waals surface area contributed by atoms with Gasteiger partial charge in [-0.15, -0.1) is 11.6 Å². The molecule has 3 heteroatoms. The molecule has 1 nitrogen and oxygen atoms in total. The van der Waals surface area contributed by atoms with Crippen LogP contribution in [-0.4, -0.2) is 0 Å². The van der Waals surface area contributed by atoms with Crippen molar-refractivity contribution in [3.63, 3.8) is 0 Å². The van der Waals surface area contributed by atoms with Gasteiger partial charge in [-0.1, -0.05) is 30.3 Å². The average Bonchev–Trinajstić information content (AvgIpc) is 2.82. The summed E-state index contributed by atoms with van der Waals surface area (Å²) in [4.78, 5) is 0. The van der Waals surface area contributed by atoms with Crippen molar-refractivity contribution < 1.29 is 8.81 Å². The van der Waals surface area contributed by atoms with Gasteiger partial charge in [-0.3, -0.25) is 0 Å². The molecule has 1 atom stereocenters. The minimum atomic E-state index is -0.297. The number of para-hydroxylation sites is 1. The molecule has 96 valence electrons. The van der Waals surface area contributed by atoms with E-state index in [4.69, 9.17) is 16.0 Å². The number of hydrogen-bond donors (Lipinski definition) is 0. The zero-order valence-electron chi connectivity index (χ0n) is 10.1. The van der Waals surface area contributed by atoms with Gasteiger partial charge < -0.3 is 4.42 Å². The van der Waals surface area contributed by atoms with E-state index < -0.39 is 0 Å². The van der Waals surface area contributed by atoms with E-state index in [0.717, 1.165) is 16.5 Å². The lowest BCUT2D eigenvalue weighted by molar-refractivity contribution is 0.539. The van der Waals surface area contributed by atoms with Crippen molar-refractivity contribution in [3.05, 3.63) is 71.7 Å². The quantitative estimate of drug-likeness (QED) is 0.606. The third-order valence-electron chi connectivity index (χ3n) is 3.06. The zero-order chi connectivity index (χ0) is 13.2. The SMILES string of the molecule is Fc1cccc(CC(Cl)c2cc3ccccc3o2)c1. The molecule has 1 aromatic heterocycles. The molecule has 0 spiro atoms. The maximum absolute atomic E-state index is 13.1. The highest BCUT2D eigenvalue weighted by molar-refractivity contribution is 6.20. The Morgan fingerprint density at radius 1 is 1.05 bits per heavy atom. The van der Waals surface area contributed by atoms with Gasteiger partial charge in [0.25, 0.3) is 0 Å². The summed E-state index contributed by atoms with van der Waals surface area (Å²) in [7, 11) is 0. The molecular weight excluding hydrogens is 263 g/mol. The number of fused-ring (bicyclic) bond motifs is 1. The molecule has 0 saturated carbocycles. The molecule has 0 N–H and O–H groups in total. The molecule has 3 rings (SSSR count). The number of furan rings is 1. The van der Waals surface area contributed by atoms with E-state index in [0.29, 0.717) is 12.2 Å². The van der Waals surface area contributed by atoms with Crippen LogP contribution >= 0.6 is 11.6 Å². The van der Waals surface area contributed by atoms with E-state index in [9.17, 15) is 4.39 Å². The molecule has 3 aromatic rings. The van der Waals surface area contributed by atoms with Gasteiger partial charge in [-0.25, -0.2) is 4.39 Å². The number of benzene rings is 2. The van der Waals surface area contributed by atoms with Crippen molar-refractivity contribution in [1.82, 2.24) is 0 Å². The molecule has 1 unspecified atom stereocenters. The first-order chi connectivity index (χ1) is 9.22. The zero-order valence-corrected chi connectivity index (χ0v) is 10.9. The van der Waals surface area contributed by atoms with Gasteiger partial charge in [-0.05, 0) is 36.2 Å². The van der Waals surface area contributed by atoms with E-state index in [1.807, 2.05) is 36.4 Å². The van der Waals surface area contributed by atoms with Crippen molar-refractivity contribution in [1.29, 1.82) is 0 Å². The molecule has 19 heavy (non-hydrogen) atoms. The summed E-state index contributed by atoms with van der Waals surface area (Å²) in [5.74, 6) is 0.470. The van der Waals surface area contributed by atoms with Gasteiger partial charge >= 0.3 is 0 Å². The molecule has 0 saturated heterocycles. The van der Waals surface area contributed by atoms with Crippen LogP contribution in [0.4, 0.5) is 4.39 Å². The smallest absolute Gasteiger partial charge is 0.134 e. The van der Waals surface area contributed by atoms with Gasteiger partial charge in [0.1, 0.15) is 17.2 Å². The second-order valence-corrected chi connectivity index (χ2v) is 5.02. The van der Waals surface area contributed by atoms with Crippen LogP contribution in [0.3, 0.4) is 0 Å². The highest BCUT2D eigenvalue weighted by Gasteiger charge is 2.14. The third-order valence-corrected chi connectivity index (χ3v) is 3.43. The Balaban J connectivity index is 1.85. The van der Waals surface area contributed by atoms with Gasteiger partial charge in [0, 0.05) is 5.39 Å².